The Morgan fingerprint density at radius 2 is 2.44 bits per heavy atom. The lowest BCUT2D eigenvalue weighted by Gasteiger charge is -2.13. The molecule has 0 radical (unpaired) electrons. The molecular weight excluding hydrogens is 224 g/mol. The third-order valence-corrected chi connectivity index (χ3v) is 3.23. The summed E-state index contributed by atoms with van der Waals surface area (Å²) >= 11 is 5.79. The molecule has 0 spiro atoms. The van der Waals surface area contributed by atoms with Crippen molar-refractivity contribution >= 4 is 17.4 Å². The monoisotopic (exact) mass is 240 g/mol. The van der Waals surface area contributed by atoms with Crippen molar-refractivity contribution in [3.63, 3.8) is 0 Å². The van der Waals surface area contributed by atoms with E-state index in [1.807, 2.05) is 0 Å². The molecule has 1 saturated heterocycles. The number of halogens is 1. The number of hydrogen-bond acceptors (Lipinski definition) is 4. The maximum atomic E-state index is 5.79. The molecular formula is C11H17ClN4. The molecule has 0 aliphatic carbocycles. The standard InChI is InChI=1S/C11H17ClN4/c1-2-16-4-3-9(7-16)6-13-11-5-10(12)14-8-15-11/h5,8-9H,2-4,6-7H2,1H3,(H,13,14,15). The van der Waals surface area contributed by atoms with E-state index in [0.29, 0.717) is 11.1 Å². The lowest BCUT2D eigenvalue weighted by Crippen LogP contribution is -2.22. The Morgan fingerprint density at radius 1 is 1.56 bits per heavy atom. The van der Waals surface area contributed by atoms with Crippen molar-refractivity contribution in [3.05, 3.63) is 17.5 Å². The van der Waals surface area contributed by atoms with Crippen LogP contribution in [-0.4, -0.2) is 41.0 Å². The second kappa shape index (κ2) is 5.46. The average Bonchev–Trinajstić information content (AvgIpc) is 2.74. The molecule has 1 N–H and O–H groups in total. The molecule has 1 aliphatic rings. The molecule has 1 aromatic heterocycles. The van der Waals surface area contributed by atoms with Crippen LogP contribution in [0.25, 0.3) is 0 Å². The number of nitrogens with one attached hydrogen (secondary N) is 1. The molecule has 1 fully saturated rings. The van der Waals surface area contributed by atoms with Crippen molar-refractivity contribution in [2.45, 2.75) is 13.3 Å². The van der Waals surface area contributed by atoms with Gasteiger partial charge in [0.25, 0.3) is 0 Å². The predicted octanol–water partition coefficient (Wildman–Crippen LogP) is 1.88. The normalized spacial score (nSPS) is 21.2. The fourth-order valence-corrected chi connectivity index (χ4v) is 2.19. The molecule has 5 heteroatoms. The van der Waals surface area contributed by atoms with Gasteiger partial charge in [-0.2, -0.15) is 0 Å². The summed E-state index contributed by atoms with van der Waals surface area (Å²) in [4.78, 5) is 10.4. The lowest BCUT2D eigenvalue weighted by atomic mass is 10.1. The number of anilines is 1. The van der Waals surface area contributed by atoms with E-state index in [1.54, 1.807) is 6.07 Å². The molecule has 1 unspecified atom stereocenters. The number of rotatable bonds is 4. The van der Waals surface area contributed by atoms with E-state index in [9.17, 15) is 0 Å². The lowest BCUT2D eigenvalue weighted by molar-refractivity contribution is 0.345. The fourth-order valence-electron chi connectivity index (χ4n) is 2.05. The summed E-state index contributed by atoms with van der Waals surface area (Å²) in [6, 6.07) is 1.76. The van der Waals surface area contributed by atoms with Crippen molar-refractivity contribution in [1.29, 1.82) is 0 Å². The van der Waals surface area contributed by atoms with Gasteiger partial charge in [0.1, 0.15) is 17.3 Å². The van der Waals surface area contributed by atoms with Crippen LogP contribution in [0, 0.1) is 5.92 Å². The molecule has 0 amide bonds. The number of hydrogen-bond donors (Lipinski definition) is 1. The Bertz CT molecular complexity index is 345. The van der Waals surface area contributed by atoms with E-state index >= 15 is 0 Å². The minimum absolute atomic E-state index is 0.485. The Hall–Kier alpha value is -0.870. The Balaban J connectivity index is 1.80. The molecule has 4 nitrogen and oxygen atoms in total. The summed E-state index contributed by atoms with van der Waals surface area (Å²) in [5.74, 6) is 1.53. The number of nitrogens with zero attached hydrogens (tertiary/aromatic N) is 3. The minimum atomic E-state index is 0.485. The first-order chi connectivity index (χ1) is 7.78. The van der Waals surface area contributed by atoms with E-state index in [1.165, 1.54) is 25.8 Å². The zero-order chi connectivity index (χ0) is 11.4. The van der Waals surface area contributed by atoms with Gasteiger partial charge in [-0.25, -0.2) is 9.97 Å². The Labute approximate surface area is 101 Å². The summed E-state index contributed by atoms with van der Waals surface area (Å²) in [6.45, 7) is 6.72. The van der Waals surface area contributed by atoms with Crippen LogP contribution in [0.15, 0.2) is 12.4 Å². The second-order valence-electron chi connectivity index (χ2n) is 4.15. The zero-order valence-corrected chi connectivity index (χ0v) is 10.2. The highest BCUT2D eigenvalue weighted by Crippen LogP contribution is 2.16. The van der Waals surface area contributed by atoms with Crippen LogP contribution < -0.4 is 5.32 Å². The molecule has 0 saturated carbocycles. The van der Waals surface area contributed by atoms with Gasteiger partial charge in [0, 0.05) is 19.2 Å². The van der Waals surface area contributed by atoms with Gasteiger partial charge in [-0.1, -0.05) is 18.5 Å². The van der Waals surface area contributed by atoms with Crippen molar-refractivity contribution in [2.24, 2.45) is 5.92 Å². The quantitative estimate of drug-likeness (QED) is 0.816. The molecule has 1 atom stereocenters. The topological polar surface area (TPSA) is 41.0 Å². The molecule has 2 rings (SSSR count). The maximum absolute atomic E-state index is 5.79. The minimum Gasteiger partial charge on any atom is -0.370 e. The third kappa shape index (κ3) is 3.06. The number of aromatic nitrogens is 2. The van der Waals surface area contributed by atoms with Gasteiger partial charge in [-0.05, 0) is 25.4 Å². The van der Waals surface area contributed by atoms with Crippen LogP contribution in [0.3, 0.4) is 0 Å². The van der Waals surface area contributed by atoms with Crippen molar-refractivity contribution in [3.8, 4) is 0 Å². The molecule has 88 valence electrons. The highest BCUT2D eigenvalue weighted by molar-refractivity contribution is 6.29. The third-order valence-electron chi connectivity index (χ3n) is 3.02. The first kappa shape index (κ1) is 11.6. The fraction of sp³-hybridized carbons (Fsp3) is 0.636. The number of likely N-dealkylation sites (tertiary alicyclic amines) is 1. The largest absolute Gasteiger partial charge is 0.370 e. The van der Waals surface area contributed by atoms with Crippen LogP contribution in [0.2, 0.25) is 5.15 Å². The van der Waals surface area contributed by atoms with E-state index in [-0.39, 0.29) is 0 Å². The Morgan fingerprint density at radius 3 is 3.12 bits per heavy atom. The van der Waals surface area contributed by atoms with Crippen molar-refractivity contribution in [1.82, 2.24) is 14.9 Å². The summed E-state index contributed by atoms with van der Waals surface area (Å²) in [5, 5.41) is 3.80. The predicted molar refractivity (Wildman–Crippen MR) is 65.8 cm³/mol. The molecule has 1 aliphatic heterocycles. The van der Waals surface area contributed by atoms with Gasteiger partial charge in [-0.15, -0.1) is 0 Å². The van der Waals surface area contributed by atoms with Gasteiger partial charge < -0.3 is 10.2 Å². The molecule has 1 aromatic rings. The van der Waals surface area contributed by atoms with Gasteiger partial charge in [0.05, 0.1) is 0 Å². The van der Waals surface area contributed by atoms with Gasteiger partial charge >= 0.3 is 0 Å². The summed E-state index contributed by atoms with van der Waals surface area (Å²) in [6.07, 6.45) is 2.75. The van der Waals surface area contributed by atoms with Crippen LogP contribution in [0.4, 0.5) is 5.82 Å². The zero-order valence-electron chi connectivity index (χ0n) is 9.49. The molecule has 2 heterocycles. The van der Waals surface area contributed by atoms with Gasteiger partial charge in [0.15, 0.2) is 0 Å². The van der Waals surface area contributed by atoms with Crippen LogP contribution in [-0.2, 0) is 0 Å². The highest BCUT2D eigenvalue weighted by Gasteiger charge is 2.20. The second-order valence-corrected chi connectivity index (χ2v) is 4.54. The first-order valence-electron chi connectivity index (χ1n) is 5.71. The van der Waals surface area contributed by atoms with Crippen molar-refractivity contribution in [2.75, 3.05) is 31.5 Å². The van der Waals surface area contributed by atoms with Crippen LogP contribution >= 0.6 is 11.6 Å². The van der Waals surface area contributed by atoms with Gasteiger partial charge in [-0.3, -0.25) is 0 Å². The molecule has 16 heavy (non-hydrogen) atoms. The van der Waals surface area contributed by atoms with E-state index in [0.717, 1.165) is 18.9 Å². The summed E-state index contributed by atoms with van der Waals surface area (Å²) in [5.41, 5.74) is 0. The van der Waals surface area contributed by atoms with E-state index in [2.05, 4.69) is 27.1 Å². The first-order valence-corrected chi connectivity index (χ1v) is 6.09. The molecule has 0 aromatic carbocycles. The summed E-state index contributed by atoms with van der Waals surface area (Å²) < 4.78 is 0. The van der Waals surface area contributed by atoms with Crippen LogP contribution in [0.5, 0.6) is 0 Å². The average molecular weight is 241 g/mol. The summed E-state index contributed by atoms with van der Waals surface area (Å²) in [7, 11) is 0. The van der Waals surface area contributed by atoms with E-state index < -0.39 is 0 Å². The smallest absolute Gasteiger partial charge is 0.134 e. The Kier molecular flexibility index (Phi) is 3.96. The van der Waals surface area contributed by atoms with Crippen LogP contribution in [0.1, 0.15) is 13.3 Å². The SMILES string of the molecule is CCN1CCC(CNc2cc(Cl)ncn2)C1. The highest BCUT2D eigenvalue weighted by atomic mass is 35.5. The maximum Gasteiger partial charge on any atom is 0.134 e. The van der Waals surface area contributed by atoms with Gasteiger partial charge in [0.2, 0.25) is 0 Å². The molecule has 0 bridgehead atoms. The van der Waals surface area contributed by atoms with E-state index in [4.69, 9.17) is 11.6 Å². The van der Waals surface area contributed by atoms with Crippen molar-refractivity contribution < 1.29 is 0 Å².